The van der Waals surface area contributed by atoms with Crippen molar-refractivity contribution in [3.8, 4) is 0 Å². The summed E-state index contributed by atoms with van der Waals surface area (Å²) in [4.78, 5) is 11.2. The summed E-state index contributed by atoms with van der Waals surface area (Å²) in [5, 5.41) is 7.27. The number of hydrogen-bond acceptors (Lipinski definition) is 5. The van der Waals surface area contributed by atoms with Crippen molar-refractivity contribution in [2.24, 2.45) is 10.9 Å². The van der Waals surface area contributed by atoms with Gasteiger partial charge in [-0.15, -0.1) is 0 Å². The van der Waals surface area contributed by atoms with E-state index in [2.05, 4.69) is 5.32 Å². The van der Waals surface area contributed by atoms with Crippen LogP contribution in [0.1, 0.15) is 6.42 Å². The normalized spacial score (nSPS) is 13.5. The smallest absolute Gasteiger partial charge is 0.250 e. The Kier molecular flexibility index (Phi) is 6.41. The summed E-state index contributed by atoms with van der Waals surface area (Å²) in [6, 6.07) is 0. The summed E-state index contributed by atoms with van der Waals surface area (Å²) in [5.41, 5.74) is 5.26. The zero-order chi connectivity index (χ0) is 11.9. The largest absolute Gasteiger partial charge is 0.370 e. The van der Waals surface area contributed by atoms with Gasteiger partial charge in [-0.05, 0) is 6.42 Å². The highest BCUT2D eigenvalue weighted by Gasteiger charge is 2.14. The van der Waals surface area contributed by atoms with E-state index in [4.69, 9.17) is 15.6 Å². The first-order valence-corrected chi connectivity index (χ1v) is 6.13. The Morgan fingerprint density at radius 2 is 2.13 bits per heavy atom. The molecule has 0 rings (SSSR count). The van der Waals surface area contributed by atoms with Crippen LogP contribution >= 0.6 is 0 Å². The molecule has 0 saturated heterocycles. The molecule has 0 heterocycles. The summed E-state index contributed by atoms with van der Waals surface area (Å²) in [5.74, 6) is -0.512. The summed E-state index contributed by atoms with van der Waals surface area (Å²) in [6.07, 6.45) is -0.425. The average Bonchev–Trinajstić information content (AvgIpc) is 2.13. The highest BCUT2D eigenvalue weighted by Crippen LogP contribution is 1.88. The van der Waals surface area contributed by atoms with Crippen molar-refractivity contribution < 1.29 is 17.9 Å². The van der Waals surface area contributed by atoms with Gasteiger partial charge in [0.15, 0.2) is 0 Å². The van der Waals surface area contributed by atoms with E-state index in [0.717, 1.165) is 0 Å². The molecule has 0 aromatic rings. The van der Waals surface area contributed by atoms with Gasteiger partial charge in [-0.2, -0.15) is 0 Å². The van der Waals surface area contributed by atoms with Crippen molar-refractivity contribution in [1.29, 1.82) is 0 Å². The number of nitrogens with one attached hydrogen (secondary N) is 1. The van der Waals surface area contributed by atoms with E-state index in [9.17, 15) is 13.2 Å². The molecule has 8 heteroatoms. The van der Waals surface area contributed by atoms with Gasteiger partial charge in [0.2, 0.25) is 15.9 Å². The lowest BCUT2D eigenvalue weighted by Gasteiger charge is -2.12. The van der Waals surface area contributed by atoms with Crippen molar-refractivity contribution in [3.63, 3.8) is 0 Å². The average molecular weight is 239 g/mol. The van der Waals surface area contributed by atoms with Crippen LogP contribution in [0.25, 0.3) is 0 Å². The predicted octanol–water partition coefficient (Wildman–Crippen LogP) is -2.25. The van der Waals surface area contributed by atoms with E-state index in [0.29, 0.717) is 0 Å². The molecular formula is C7H17N3O4S. The molecule has 0 aromatic carbocycles. The molecular weight excluding hydrogens is 222 g/mol. The van der Waals surface area contributed by atoms with Gasteiger partial charge in [-0.3, -0.25) is 4.79 Å². The molecule has 0 aliphatic heterocycles. The number of methoxy groups -OCH3 is 1. The number of ether oxygens (including phenoxy) is 1. The third-order valence-electron chi connectivity index (χ3n) is 1.70. The first-order chi connectivity index (χ1) is 6.90. The number of carbonyl (C=O) groups is 1. The van der Waals surface area contributed by atoms with Crippen LogP contribution in [0.3, 0.4) is 0 Å². The van der Waals surface area contributed by atoms with Gasteiger partial charge < -0.3 is 15.8 Å². The second kappa shape index (κ2) is 6.72. The summed E-state index contributed by atoms with van der Waals surface area (Å²) < 4.78 is 25.9. The molecule has 15 heavy (non-hydrogen) atoms. The highest BCUT2D eigenvalue weighted by atomic mass is 32.2. The van der Waals surface area contributed by atoms with E-state index < -0.39 is 16.1 Å². The van der Waals surface area contributed by atoms with Crippen LogP contribution < -0.4 is 16.2 Å². The van der Waals surface area contributed by atoms with Crippen LogP contribution in [-0.2, 0) is 19.6 Å². The minimum absolute atomic E-state index is 0.0809. The second-order valence-corrected chi connectivity index (χ2v) is 4.71. The van der Waals surface area contributed by atoms with Gasteiger partial charge in [0.25, 0.3) is 0 Å². The molecule has 0 aliphatic carbocycles. The molecule has 1 atom stereocenters. The van der Waals surface area contributed by atoms with Crippen molar-refractivity contribution in [3.05, 3.63) is 0 Å². The fourth-order valence-corrected chi connectivity index (χ4v) is 1.46. The van der Waals surface area contributed by atoms with E-state index in [-0.39, 0.29) is 31.2 Å². The van der Waals surface area contributed by atoms with Gasteiger partial charge in [-0.25, -0.2) is 13.6 Å². The lowest BCUT2D eigenvalue weighted by molar-refractivity contribution is -0.130. The van der Waals surface area contributed by atoms with Crippen molar-refractivity contribution in [2.75, 3.05) is 26.0 Å². The van der Waals surface area contributed by atoms with Gasteiger partial charge in [0, 0.05) is 20.2 Å². The molecule has 0 bridgehead atoms. The minimum atomic E-state index is -3.46. The lowest BCUT2D eigenvalue weighted by atomic mass is 10.3. The third kappa shape index (κ3) is 7.25. The Morgan fingerprint density at radius 1 is 1.53 bits per heavy atom. The van der Waals surface area contributed by atoms with Gasteiger partial charge >= 0.3 is 0 Å². The molecule has 90 valence electrons. The standard InChI is InChI=1S/C7H17N3O4S/c1-14-6(5-8)7(11)10-3-2-4-15(9,12)13/h6H,2-5,8H2,1H3,(H,10,11)(H2,9,12,13). The van der Waals surface area contributed by atoms with Gasteiger partial charge in [0.05, 0.1) is 5.75 Å². The van der Waals surface area contributed by atoms with Crippen LogP contribution in [0.4, 0.5) is 0 Å². The van der Waals surface area contributed by atoms with Crippen LogP contribution in [0.15, 0.2) is 0 Å². The lowest BCUT2D eigenvalue weighted by Crippen LogP contribution is -2.41. The number of rotatable bonds is 7. The molecule has 0 radical (unpaired) electrons. The monoisotopic (exact) mass is 239 g/mol. The summed E-state index contributed by atoms with van der Waals surface area (Å²) in [7, 11) is -2.08. The Morgan fingerprint density at radius 3 is 2.53 bits per heavy atom. The molecule has 5 N–H and O–H groups in total. The van der Waals surface area contributed by atoms with Crippen molar-refractivity contribution in [1.82, 2.24) is 5.32 Å². The Balaban J connectivity index is 3.73. The highest BCUT2D eigenvalue weighted by molar-refractivity contribution is 7.89. The number of carbonyl (C=O) groups excluding carboxylic acids is 1. The molecule has 7 nitrogen and oxygen atoms in total. The van der Waals surface area contributed by atoms with Crippen LogP contribution in [-0.4, -0.2) is 46.4 Å². The number of nitrogens with two attached hydrogens (primary N) is 2. The van der Waals surface area contributed by atoms with E-state index in [1.807, 2.05) is 0 Å². The van der Waals surface area contributed by atoms with E-state index in [1.54, 1.807) is 0 Å². The van der Waals surface area contributed by atoms with Crippen molar-refractivity contribution >= 4 is 15.9 Å². The molecule has 0 spiro atoms. The fraction of sp³-hybridized carbons (Fsp3) is 0.857. The molecule has 0 fully saturated rings. The van der Waals surface area contributed by atoms with Crippen LogP contribution in [0.2, 0.25) is 0 Å². The maximum atomic E-state index is 11.2. The summed E-state index contributed by atoms with van der Waals surface area (Å²) in [6.45, 7) is 0.312. The number of primary sulfonamides is 1. The molecule has 1 amide bonds. The van der Waals surface area contributed by atoms with Gasteiger partial charge in [-0.1, -0.05) is 0 Å². The maximum absolute atomic E-state index is 11.2. The summed E-state index contributed by atoms with van der Waals surface area (Å²) >= 11 is 0. The Bertz CT molecular complexity index is 287. The topological polar surface area (TPSA) is 125 Å². The third-order valence-corrected chi connectivity index (χ3v) is 2.55. The van der Waals surface area contributed by atoms with Gasteiger partial charge in [0.1, 0.15) is 6.10 Å². The molecule has 0 aromatic heterocycles. The van der Waals surface area contributed by atoms with Crippen molar-refractivity contribution in [2.45, 2.75) is 12.5 Å². The van der Waals surface area contributed by atoms with Crippen LogP contribution in [0, 0.1) is 0 Å². The number of hydrogen-bond donors (Lipinski definition) is 3. The minimum Gasteiger partial charge on any atom is -0.370 e. The first-order valence-electron chi connectivity index (χ1n) is 4.41. The SMILES string of the molecule is COC(CN)C(=O)NCCCS(N)(=O)=O. The van der Waals surface area contributed by atoms with E-state index in [1.165, 1.54) is 7.11 Å². The Hall–Kier alpha value is -0.700. The second-order valence-electron chi connectivity index (χ2n) is 2.97. The number of amides is 1. The first kappa shape index (κ1) is 14.3. The zero-order valence-corrected chi connectivity index (χ0v) is 9.42. The molecule has 0 aliphatic rings. The maximum Gasteiger partial charge on any atom is 0.250 e. The predicted molar refractivity (Wildman–Crippen MR) is 55.5 cm³/mol. The quantitative estimate of drug-likeness (QED) is 0.433. The molecule has 0 saturated carbocycles. The fourth-order valence-electron chi connectivity index (χ4n) is 0.909. The molecule has 1 unspecified atom stereocenters. The number of sulfonamides is 1. The van der Waals surface area contributed by atoms with Crippen LogP contribution in [0.5, 0.6) is 0 Å². The zero-order valence-electron chi connectivity index (χ0n) is 8.60. The van der Waals surface area contributed by atoms with E-state index >= 15 is 0 Å². The Labute approximate surface area is 89.2 Å².